The molecule has 0 aromatic carbocycles. The monoisotopic (exact) mass is 253 g/mol. The molecule has 0 aliphatic carbocycles. The highest BCUT2D eigenvalue weighted by Gasteiger charge is 2.34. The van der Waals surface area contributed by atoms with E-state index >= 15 is 0 Å². The van der Waals surface area contributed by atoms with Crippen molar-refractivity contribution in [2.75, 3.05) is 26.7 Å². The van der Waals surface area contributed by atoms with Gasteiger partial charge in [0, 0.05) is 25.3 Å². The van der Waals surface area contributed by atoms with E-state index in [1.54, 1.807) is 4.90 Å². The van der Waals surface area contributed by atoms with E-state index in [4.69, 9.17) is 4.74 Å². The Kier molecular flexibility index (Phi) is 3.27. The molecule has 2 aliphatic heterocycles. The Morgan fingerprint density at radius 3 is 2.67 bits per heavy atom. The van der Waals surface area contributed by atoms with Crippen molar-refractivity contribution in [2.24, 2.45) is 0 Å². The SMILES string of the molecule is CC1C=C2CN(C(=O)OC(C)(C)C)CCN2N1C. The Balaban J connectivity index is 1.99. The Hall–Kier alpha value is -1.23. The smallest absolute Gasteiger partial charge is 0.410 e. The molecule has 2 aliphatic rings. The van der Waals surface area contributed by atoms with Crippen LogP contribution in [0.25, 0.3) is 0 Å². The molecule has 5 nitrogen and oxygen atoms in total. The number of amides is 1. The fourth-order valence-electron chi connectivity index (χ4n) is 2.30. The van der Waals surface area contributed by atoms with E-state index in [1.807, 2.05) is 20.8 Å². The quantitative estimate of drug-likeness (QED) is 0.658. The van der Waals surface area contributed by atoms with E-state index < -0.39 is 5.60 Å². The van der Waals surface area contributed by atoms with E-state index in [1.165, 1.54) is 5.70 Å². The summed E-state index contributed by atoms with van der Waals surface area (Å²) in [6.45, 7) is 10.0. The zero-order chi connectivity index (χ0) is 13.5. The summed E-state index contributed by atoms with van der Waals surface area (Å²) in [6, 6.07) is 0.401. The van der Waals surface area contributed by atoms with Crippen LogP contribution in [0.15, 0.2) is 11.8 Å². The molecule has 0 spiro atoms. The molecule has 102 valence electrons. The Morgan fingerprint density at radius 1 is 1.39 bits per heavy atom. The van der Waals surface area contributed by atoms with Crippen molar-refractivity contribution in [3.05, 3.63) is 11.8 Å². The highest BCUT2D eigenvalue weighted by molar-refractivity contribution is 5.68. The minimum atomic E-state index is -0.428. The second-order valence-electron chi connectivity index (χ2n) is 6.00. The first kappa shape index (κ1) is 13.2. The number of hydrazine groups is 1. The number of rotatable bonds is 0. The van der Waals surface area contributed by atoms with E-state index in [2.05, 4.69) is 30.1 Å². The van der Waals surface area contributed by atoms with Gasteiger partial charge in [-0.25, -0.2) is 9.80 Å². The molecule has 5 heteroatoms. The van der Waals surface area contributed by atoms with E-state index in [0.29, 0.717) is 19.1 Å². The maximum absolute atomic E-state index is 12.0. The van der Waals surface area contributed by atoms with Gasteiger partial charge in [-0.1, -0.05) is 0 Å². The Bertz CT molecular complexity index is 373. The minimum Gasteiger partial charge on any atom is -0.444 e. The summed E-state index contributed by atoms with van der Waals surface area (Å²) < 4.78 is 5.41. The predicted molar refractivity (Wildman–Crippen MR) is 69.8 cm³/mol. The molecule has 0 aromatic heterocycles. The number of carbonyl (C=O) groups excluding carboxylic acids is 1. The Labute approximate surface area is 109 Å². The number of piperazine rings is 1. The van der Waals surface area contributed by atoms with Crippen LogP contribution in [0.4, 0.5) is 4.79 Å². The first-order valence-electron chi connectivity index (χ1n) is 6.47. The van der Waals surface area contributed by atoms with Crippen LogP contribution in [0.1, 0.15) is 27.7 Å². The zero-order valence-electron chi connectivity index (χ0n) is 11.9. The van der Waals surface area contributed by atoms with Crippen LogP contribution >= 0.6 is 0 Å². The van der Waals surface area contributed by atoms with Crippen LogP contribution in [-0.4, -0.2) is 59.3 Å². The van der Waals surface area contributed by atoms with Crippen molar-refractivity contribution in [3.8, 4) is 0 Å². The van der Waals surface area contributed by atoms with Crippen molar-refractivity contribution in [1.29, 1.82) is 0 Å². The molecule has 1 unspecified atom stereocenters. The van der Waals surface area contributed by atoms with Gasteiger partial charge in [0.15, 0.2) is 0 Å². The normalized spacial score (nSPS) is 24.9. The lowest BCUT2D eigenvalue weighted by atomic mass is 10.2. The fourth-order valence-corrected chi connectivity index (χ4v) is 2.30. The Morgan fingerprint density at radius 2 is 2.06 bits per heavy atom. The molecule has 0 N–H and O–H groups in total. The summed E-state index contributed by atoms with van der Waals surface area (Å²) >= 11 is 0. The van der Waals surface area contributed by atoms with Gasteiger partial charge in [-0.3, -0.25) is 0 Å². The van der Waals surface area contributed by atoms with Crippen molar-refractivity contribution in [1.82, 2.24) is 14.9 Å². The second kappa shape index (κ2) is 4.46. The molecular formula is C13H23N3O2. The lowest BCUT2D eigenvalue weighted by molar-refractivity contribution is -0.0119. The van der Waals surface area contributed by atoms with E-state index in [0.717, 1.165) is 6.54 Å². The lowest BCUT2D eigenvalue weighted by Crippen LogP contribution is -2.51. The number of carbonyl (C=O) groups is 1. The fraction of sp³-hybridized carbons (Fsp3) is 0.769. The summed E-state index contributed by atoms with van der Waals surface area (Å²) in [6.07, 6.45) is 1.99. The van der Waals surface area contributed by atoms with Gasteiger partial charge in [0.25, 0.3) is 0 Å². The van der Waals surface area contributed by atoms with Crippen molar-refractivity contribution < 1.29 is 9.53 Å². The van der Waals surface area contributed by atoms with Gasteiger partial charge < -0.3 is 14.6 Å². The van der Waals surface area contributed by atoms with Crippen LogP contribution < -0.4 is 0 Å². The van der Waals surface area contributed by atoms with Crippen LogP contribution in [0.2, 0.25) is 0 Å². The minimum absolute atomic E-state index is 0.217. The van der Waals surface area contributed by atoms with Crippen LogP contribution in [-0.2, 0) is 4.74 Å². The lowest BCUT2D eigenvalue weighted by Gasteiger charge is -2.39. The van der Waals surface area contributed by atoms with Crippen LogP contribution in [0.5, 0.6) is 0 Å². The molecule has 1 fully saturated rings. The molecule has 18 heavy (non-hydrogen) atoms. The molecule has 2 rings (SSSR count). The summed E-state index contributed by atoms with van der Waals surface area (Å²) in [5.41, 5.74) is 0.768. The van der Waals surface area contributed by atoms with Gasteiger partial charge in [0.05, 0.1) is 13.1 Å². The summed E-state index contributed by atoms with van der Waals surface area (Å²) in [5.74, 6) is 0. The highest BCUT2D eigenvalue weighted by Crippen LogP contribution is 2.25. The molecule has 1 amide bonds. The summed E-state index contributed by atoms with van der Waals surface area (Å²) in [4.78, 5) is 13.8. The third-order valence-electron chi connectivity index (χ3n) is 3.32. The molecule has 0 saturated carbocycles. The standard InChI is InChI=1S/C13H23N3O2/c1-10-8-11-9-15(6-7-16(11)14(10)5)12(17)18-13(2,3)4/h8,10H,6-7,9H2,1-5H3. The van der Waals surface area contributed by atoms with Crippen LogP contribution in [0.3, 0.4) is 0 Å². The molecule has 1 saturated heterocycles. The molecule has 0 radical (unpaired) electrons. The van der Waals surface area contributed by atoms with E-state index in [-0.39, 0.29) is 6.09 Å². The first-order valence-corrected chi connectivity index (χ1v) is 6.47. The zero-order valence-corrected chi connectivity index (χ0v) is 11.9. The number of fused-ring (bicyclic) bond motifs is 1. The number of ether oxygens (including phenoxy) is 1. The molecule has 2 heterocycles. The number of nitrogens with zero attached hydrogens (tertiary/aromatic N) is 3. The predicted octanol–water partition coefficient (Wildman–Crippen LogP) is 1.67. The van der Waals surface area contributed by atoms with Gasteiger partial charge in [-0.15, -0.1) is 0 Å². The maximum atomic E-state index is 12.0. The summed E-state index contributed by atoms with van der Waals surface area (Å²) in [7, 11) is 2.08. The molecular weight excluding hydrogens is 230 g/mol. The van der Waals surface area contributed by atoms with E-state index in [9.17, 15) is 4.79 Å². The third kappa shape index (κ3) is 2.61. The second-order valence-corrected chi connectivity index (χ2v) is 6.00. The van der Waals surface area contributed by atoms with Gasteiger partial charge >= 0.3 is 6.09 Å². The third-order valence-corrected chi connectivity index (χ3v) is 3.32. The molecule has 0 bridgehead atoms. The topological polar surface area (TPSA) is 36.0 Å². The van der Waals surface area contributed by atoms with Gasteiger partial charge in [-0.2, -0.15) is 0 Å². The first-order chi connectivity index (χ1) is 8.28. The van der Waals surface area contributed by atoms with Gasteiger partial charge in [-0.05, 0) is 33.8 Å². The average Bonchev–Trinajstić information content (AvgIpc) is 2.52. The highest BCUT2D eigenvalue weighted by atomic mass is 16.6. The molecule has 1 atom stereocenters. The van der Waals surface area contributed by atoms with Crippen molar-refractivity contribution in [2.45, 2.75) is 39.3 Å². The largest absolute Gasteiger partial charge is 0.444 e. The number of likely N-dealkylation sites (N-methyl/N-ethyl adjacent to an activating group) is 1. The van der Waals surface area contributed by atoms with Crippen molar-refractivity contribution in [3.63, 3.8) is 0 Å². The number of hydrogen-bond donors (Lipinski definition) is 0. The van der Waals surface area contributed by atoms with Crippen LogP contribution in [0, 0.1) is 0 Å². The summed E-state index contributed by atoms with van der Waals surface area (Å²) in [5, 5.41) is 4.45. The average molecular weight is 253 g/mol. The van der Waals surface area contributed by atoms with Crippen molar-refractivity contribution >= 4 is 6.09 Å². The molecule has 0 aromatic rings. The van der Waals surface area contributed by atoms with Gasteiger partial charge in [0.2, 0.25) is 0 Å². The maximum Gasteiger partial charge on any atom is 0.410 e. The van der Waals surface area contributed by atoms with Gasteiger partial charge in [0.1, 0.15) is 5.60 Å². The number of hydrogen-bond acceptors (Lipinski definition) is 4.